The molecule has 0 spiro atoms. The third kappa shape index (κ3) is 7.90. The summed E-state index contributed by atoms with van der Waals surface area (Å²) in [6.45, 7) is 1.99. The van der Waals surface area contributed by atoms with E-state index in [2.05, 4.69) is 22.8 Å². The maximum absolute atomic E-state index is 14.2. The molecule has 2 N–H and O–H groups in total. The van der Waals surface area contributed by atoms with Crippen LogP contribution in [0.4, 0.5) is 16.4 Å². The third-order valence-electron chi connectivity index (χ3n) is 8.28. The van der Waals surface area contributed by atoms with Crippen molar-refractivity contribution >= 4 is 57.3 Å². The van der Waals surface area contributed by atoms with Gasteiger partial charge >= 0.3 is 5.97 Å². The van der Waals surface area contributed by atoms with E-state index in [1.807, 2.05) is 54.6 Å². The number of ether oxygens (including phenoxy) is 1. The number of carbonyl (C=O) groups is 3. The Morgan fingerprint density at radius 1 is 0.939 bits per heavy atom. The van der Waals surface area contributed by atoms with Crippen molar-refractivity contribution < 1.29 is 24.0 Å². The molecule has 0 bridgehead atoms. The molecule has 0 saturated heterocycles. The van der Waals surface area contributed by atoms with E-state index in [4.69, 9.17) is 4.74 Å². The van der Waals surface area contributed by atoms with Crippen molar-refractivity contribution in [2.24, 2.45) is 0 Å². The lowest BCUT2D eigenvalue weighted by molar-refractivity contribution is -0.384. The van der Waals surface area contributed by atoms with Crippen LogP contribution in [0.25, 0.3) is 0 Å². The number of nitrogens with zero attached hydrogens (tertiary/aromatic N) is 1. The smallest absolute Gasteiger partial charge is 0.341 e. The van der Waals surface area contributed by atoms with Crippen LogP contribution in [0.5, 0.6) is 0 Å². The second kappa shape index (κ2) is 15.3. The summed E-state index contributed by atoms with van der Waals surface area (Å²) in [5, 5.41) is 16.7. The monoisotopic (exact) mass is 691 g/mol. The Balaban J connectivity index is 1.24. The first-order valence-corrected chi connectivity index (χ1v) is 17.5. The summed E-state index contributed by atoms with van der Waals surface area (Å²) in [5.74, 6) is -0.821. The molecule has 11 heteroatoms. The molecule has 5 aromatic rings. The number of anilines is 2. The highest BCUT2D eigenvalue weighted by Crippen LogP contribution is 2.44. The zero-order chi connectivity index (χ0) is 34.3. The molecule has 6 rings (SSSR count). The first-order chi connectivity index (χ1) is 23.8. The Labute approximate surface area is 291 Å². The molecule has 248 valence electrons. The lowest BCUT2D eigenvalue weighted by Gasteiger charge is -2.23. The minimum absolute atomic E-state index is 0.103. The van der Waals surface area contributed by atoms with Gasteiger partial charge in [0.2, 0.25) is 5.91 Å². The number of rotatable bonds is 11. The molecular formula is C38H33N3O6S2. The van der Waals surface area contributed by atoms with E-state index in [1.54, 1.807) is 25.1 Å². The summed E-state index contributed by atoms with van der Waals surface area (Å²) in [7, 11) is 0. The van der Waals surface area contributed by atoms with Gasteiger partial charge in [-0.1, -0.05) is 66.7 Å². The maximum atomic E-state index is 14.2. The van der Waals surface area contributed by atoms with Gasteiger partial charge in [-0.05, 0) is 79.1 Å². The van der Waals surface area contributed by atoms with E-state index in [1.165, 1.54) is 52.9 Å². The van der Waals surface area contributed by atoms with Gasteiger partial charge in [-0.15, -0.1) is 23.1 Å². The number of thiophene rings is 1. The Kier molecular flexibility index (Phi) is 10.5. The normalized spacial score (nSPS) is 14.3. The number of esters is 1. The first kappa shape index (κ1) is 33.6. The number of amides is 2. The Morgan fingerprint density at radius 2 is 1.65 bits per heavy atom. The van der Waals surface area contributed by atoms with Crippen LogP contribution in [0, 0.1) is 10.1 Å². The Morgan fingerprint density at radius 3 is 2.35 bits per heavy atom. The van der Waals surface area contributed by atoms with E-state index in [0.717, 1.165) is 33.7 Å². The van der Waals surface area contributed by atoms with Crippen molar-refractivity contribution in [2.45, 2.75) is 42.2 Å². The fourth-order valence-corrected chi connectivity index (χ4v) is 8.30. The number of benzene rings is 4. The van der Waals surface area contributed by atoms with Gasteiger partial charge in [-0.2, -0.15) is 0 Å². The van der Waals surface area contributed by atoms with Crippen LogP contribution in [0.3, 0.4) is 0 Å². The van der Waals surface area contributed by atoms with Crippen LogP contribution in [0.2, 0.25) is 0 Å². The van der Waals surface area contributed by atoms with E-state index >= 15 is 0 Å². The highest BCUT2D eigenvalue weighted by atomic mass is 32.2. The predicted octanol–water partition coefficient (Wildman–Crippen LogP) is 8.83. The quantitative estimate of drug-likeness (QED) is 0.0613. The number of nitrogens with one attached hydrogen (secondary N) is 2. The number of hydrogen-bond donors (Lipinski definition) is 2. The number of fused-ring (bicyclic) bond motifs is 1. The predicted molar refractivity (Wildman–Crippen MR) is 193 cm³/mol. The molecule has 4 aromatic carbocycles. The van der Waals surface area contributed by atoms with Crippen LogP contribution in [-0.4, -0.2) is 29.3 Å². The largest absolute Gasteiger partial charge is 0.462 e. The second-order valence-electron chi connectivity index (χ2n) is 11.5. The van der Waals surface area contributed by atoms with Crippen LogP contribution in [0.15, 0.2) is 114 Å². The van der Waals surface area contributed by atoms with Crippen molar-refractivity contribution in [1.82, 2.24) is 0 Å². The Bertz CT molecular complexity index is 1980. The summed E-state index contributed by atoms with van der Waals surface area (Å²) in [6.07, 6.45) is 2.39. The van der Waals surface area contributed by atoms with Gasteiger partial charge in [-0.3, -0.25) is 19.7 Å². The van der Waals surface area contributed by atoms with Gasteiger partial charge in [0.05, 0.1) is 17.1 Å². The van der Waals surface area contributed by atoms with E-state index in [-0.39, 0.29) is 23.8 Å². The molecule has 2 atom stereocenters. The zero-order valence-corrected chi connectivity index (χ0v) is 28.2. The molecule has 0 aliphatic heterocycles. The molecule has 1 aliphatic rings. The van der Waals surface area contributed by atoms with Crippen LogP contribution >= 0.6 is 23.1 Å². The van der Waals surface area contributed by atoms with Crippen LogP contribution < -0.4 is 10.6 Å². The number of carbonyl (C=O) groups excluding carboxylic acids is 3. The minimum atomic E-state index is -0.687. The number of hydrogen-bond acceptors (Lipinski definition) is 8. The maximum Gasteiger partial charge on any atom is 0.341 e. The number of thioether (sulfide) groups is 1. The topological polar surface area (TPSA) is 128 Å². The number of non-ortho nitro benzene ring substituents is 1. The zero-order valence-electron chi connectivity index (χ0n) is 26.6. The summed E-state index contributed by atoms with van der Waals surface area (Å²) in [4.78, 5) is 52.6. The van der Waals surface area contributed by atoms with Gasteiger partial charge in [0, 0.05) is 33.2 Å². The summed E-state index contributed by atoms with van der Waals surface area (Å²) in [6, 6.07) is 32.2. The molecule has 49 heavy (non-hydrogen) atoms. The molecule has 1 heterocycles. The minimum Gasteiger partial charge on any atom is -0.462 e. The number of nitro benzene ring substituents is 1. The second-order valence-corrected chi connectivity index (χ2v) is 13.7. The molecular weight excluding hydrogens is 659 g/mol. The van der Waals surface area contributed by atoms with E-state index < -0.39 is 22.0 Å². The number of nitro groups is 1. The fraction of sp³-hybridized carbons (Fsp3) is 0.184. The van der Waals surface area contributed by atoms with Crippen molar-refractivity contribution in [3.63, 3.8) is 0 Å². The van der Waals surface area contributed by atoms with Gasteiger partial charge in [0.1, 0.15) is 10.3 Å². The van der Waals surface area contributed by atoms with Gasteiger partial charge in [0.15, 0.2) is 0 Å². The van der Waals surface area contributed by atoms with Crippen molar-refractivity contribution in [1.29, 1.82) is 0 Å². The lowest BCUT2D eigenvalue weighted by atomic mass is 9.83. The highest BCUT2D eigenvalue weighted by Gasteiger charge is 2.32. The average Bonchev–Trinajstić information content (AvgIpc) is 3.48. The standard InChI is InChI=1S/C38H33N3O6S2/c1-2-47-38(44)33-31-21-18-27(24-10-5-3-6-11-24)22-32(31)49-37(33)40-36(43)34(25-12-7-4-8-13-25)48-30-15-9-14-28(23-30)39-35(42)26-16-19-29(20-17-26)41(45)46/h3-17,19-20,23,27,34H,2,18,21-22H2,1H3,(H,39,42)(H,40,43). The molecule has 0 saturated carbocycles. The summed E-state index contributed by atoms with van der Waals surface area (Å²) >= 11 is 2.76. The van der Waals surface area contributed by atoms with Gasteiger partial charge in [0.25, 0.3) is 11.6 Å². The Hall–Kier alpha value is -5.26. The molecule has 0 fully saturated rings. The molecule has 9 nitrogen and oxygen atoms in total. The van der Waals surface area contributed by atoms with Crippen LogP contribution in [-0.2, 0) is 22.4 Å². The molecule has 2 amide bonds. The fourth-order valence-electron chi connectivity index (χ4n) is 5.90. The van der Waals surface area contributed by atoms with Crippen molar-refractivity contribution in [2.75, 3.05) is 17.2 Å². The molecule has 0 radical (unpaired) electrons. The average molecular weight is 692 g/mol. The van der Waals surface area contributed by atoms with Crippen molar-refractivity contribution in [3.05, 3.63) is 152 Å². The van der Waals surface area contributed by atoms with Gasteiger partial charge < -0.3 is 15.4 Å². The SMILES string of the molecule is CCOC(=O)c1c(NC(=O)C(Sc2cccc(NC(=O)c3ccc([N+](=O)[O-])cc3)c2)c2ccccc2)sc2c1CCC(c1ccccc1)C2. The highest BCUT2D eigenvalue weighted by molar-refractivity contribution is 8.00. The first-order valence-electron chi connectivity index (χ1n) is 15.9. The lowest BCUT2D eigenvalue weighted by Crippen LogP contribution is -2.20. The third-order valence-corrected chi connectivity index (χ3v) is 10.7. The van der Waals surface area contributed by atoms with E-state index in [9.17, 15) is 24.5 Å². The van der Waals surface area contributed by atoms with Gasteiger partial charge in [-0.25, -0.2) is 4.79 Å². The molecule has 2 unspecified atom stereocenters. The van der Waals surface area contributed by atoms with E-state index in [0.29, 0.717) is 28.6 Å². The van der Waals surface area contributed by atoms with Crippen LogP contribution in [0.1, 0.15) is 66.8 Å². The summed E-state index contributed by atoms with van der Waals surface area (Å²) < 4.78 is 5.47. The molecule has 1 aromatic heterocycles. The molecule has 1 aliphatic carbocycles. The summed E-state index contributed by atoms with van der Waals surface area (Å²) in [5.41, 5.74) is 4.10. The van der Waals surface area contributed by atoms with Crippen molar-refractivity contribution in [3.8, 4) is 0 Å².